The summed E-state index contributed by atoms with van der Waals surface area (Å²) in [7, 11) is 0. The van der Waals surface area contributed by atoms with Crippen LogP contribution in [0.1, 0.15) is 17.2 Å². The first-order chi connectivity index (χ1) is 9.95. The zero-order chi connectivity index (χ0) is 15.1. The number of phenols is 4. The Morgan fingerprint density at radius 1 is 0.905 bits per heavy atom. The lowest BCUT2D eigenvalue weighted by Crippen LogP contribution is -2.30. The van der Waals surface area contributed by atoms with Crippen LogP contribution >= 0.6 is 0 Å². The van der Waals surface area contributed by atoms with Crippen molar-refractivity contribution in [1.82, 2.24) is 0 Å². The fraction of sp³-hybridized carbons (Fsp3) is 0.200. The topological polar surface area (TPSA) is 110 Å². The van der Waals surface area contributed by atoms with Gasteiger partial charge in [0.15, 0.2) is 11.5 Å². The van der Waals surface area contributed by atoms with E-state index < -0.39 is 12.2 Å². The summed E-state index contributed by atoms with van der Waals surface area (Å²) < 4.78 is 5.62. The van der Waals surface area contributed by atoms with E-state index in [1.54, 1.807) is 0 Å². The van der Waals surface area contributed by atoms with Crippen molar-refractivity contribution < 1.29 is 30.3 Å². The number of aliphatic hydroxyl groups excluding tert-OH is 1. The fourth-order valence-electron chi connectivity index (χ4n) is 2.47. The Morgan fingerprint density at radius 3 is 2.38 bits per heavy atom. The highest BCUT2D eigenvalue weighted by molar-refractivity contribution is 5.52. The summed E-state index contributed by atoms with van der Waals surface area (Å²) in [5, 5.41) is 48.3. The fourth-order valence-corrected chi connectivity index (χ4v) is 2.47. The Kier molecular flexibility index (Phi) is 3.03. The summed E-state index contributed by atoms with van der Waals surface area (Å²) in [5.74, 6) is -0.589. The molecule has 0 fully saturated rings. The highest BCUT2D eigenvalue weighted by atomic mass is 16.5. The zero-order valence-electron chi connectivity index (χ0n) is 10.9. The average Bonchev–Trinajstić information content (AvgIpc) is 2.42. The number of rotatable bonds is 1. The van der Waals surface area contributed by atoms with E-state index in [2.05, 4.69) is 0 Å². The smallest absolute Gasteiger partial charge is 0.157 e. The van der Waals surface area contributed by atoms with Crippen molar-refractivity contribution in [3.8, 4) is 28.7 Å². The van der Waals surface area contributed by atoms with Gasteiger partial charge in [-0.05, 0) is 17.7 Å². The molecule has 5 N–H and O–H groups in total. The van der Waals surface area contributed by atoms with E-state index in [9.17, 15) is 25.5 Å². The lowest BCUT2D eigenvalue weighted by molar-refractivity contribution is 0.0197. The van der Waals surface area contributed by atoms with Crippen LogP contribution in [0.4, 0.5) is 0 Å². The molecule has 6 heteroatoms. The predicted octanol–water partition coefficient (Wildman–Crippen LogP) is 1.55. The van der Waals surface area contributed by atoms with E-state index >= 15 is 0 Å². The van der Waals surface area contributed by atoms with E-state index in [0.29, 0.717) is 11.1 Å². The molecule has 1 aliphatic rings. The quantitative estimate of drug-likeness (QED) is 0.510. The summed E-state index contributed by atoms with van der Waals surface area (Å²) in [5.41, 5.74) is 0.894. The van der Waals surface area contributed by atoms with Crippen LogP contribution in [0.15, 0.2) is 30.3 Å². The minimum atomic E-state index is -0.933. The van der Waals surface area contributed by atoms with Gasteiger partial charge in [-0.15, -0.1) is 0 Å². The number of hydrogen-bond acceptors (Lipinski definition) is 6. The van der Waals surface area contributed by atoms with Gasteiger partial charge in [0.2, 0.25) is 0 Å². The van der Waals surface area contributed by atoms with Gasteiger partial charge in [-0.25, -0.2) is 0 Å². The van der Waals surface area contributed by atoms with Crippen molar-refractivity contribution in [2.75, 3.05) is 0 Å². The molecule has 21 heavy (non-hydrogen) atoms. The van der Waals surface area contributed by atoms with Crippen LogP contribution in [-0.4, -0.2) is 31.6 Å². The van der Waals surface area contributed by atoms with Crippen molar-refractivity contribution in [1.29, 1.82) is 0 Å². The van der Waals surface area contributed by atoms with Crippen molar-refractivity contribution in [2.45, 2.75) is 18.6 Å². The second-order valence-electron chi connectivity index (χ2n) is 5.00. The number of ether oxygens (including phenoxy) is 1. The second kappa shape index (κ2) is 4.75. The summed E-state index contributed by atoms with van der Waals surface area (Å²) in [6, 6.07) is 6.67. The van der Waals surface area contributed by atoms with Gasteiger partial charge in [-0.3, -0.25) is 0 Å². The van der Waals surface area contributed by atoms with Gasteiger partial charge in [-0.1, -0.05) is 6.07 Å². The molecule has 0 radical (unpaired) electrons. The maximum Gasteiger partial charge on any atom is 0.157 e. The van der Waals surface area contributed by atoms with Crippen LogP contribution in [-0.2, 0) is 6.42 Å². The van der Waals surface area contributed by atoms with Crippen molar-refractivity contribution >= 4 is 0 Å². The van der Waals surface area contributed by atoms with Crippen molar-refractivity contribution in [2.24, 2.45) is 0 Å². The summed E-state index contributed by atoms with van der Waals surface area (Å²) in [6.07, 6.45) is -1.56. The van der Waals surface area contributed by atoms with Crippen molar-refractivity contribution in [3.63, 3.8) is 0 Å². The molecular formula is C15H14O6. The molecule has 2 aromatic rings. The Hall–Kier alpha value is -2.60. The first-order valence-corrected chi connectivity index (χ1v) is 6.37. The molecule has 1 heterocycles. The number of aromatic hydroxyl groups is 4. The molecule has 0 aliphatic carbocycles. The second-order valence-corrected chi connectivity index (χ2v) is 5.00. The molecular weight excluding hydrogens is 276 g/mol. The molecule has 2 aromatic carbocycles. The Labute approximate surface area is 120 Å². The molecule has 0 saturated carbocycles. The van der Waals surface area contributed by atoms with Crippen LogP contribution in [0.5, 0.6) is 28.7 Å². The molecule has 0 aromatic heterocycles. The number of fused-ring (bicyclic) bond motifs is 1. The highest BCUT2D eigenvalue weighted by Gasteiger charge is 2.32. The summed E-state index contributed by atoms with van der Waals surface area (Å²) >= 11 is 0. The van der Waals surface area contributed by atoms with Crippen LogP contribution in [0, 0.1) is 0 Å². The number of aliphatic hydroxyl groups is 1. The lowest BCUT2D eigenvalue weighted by atomic mass is 9.94. The lowest BCUT2D eigenvalue weighted by Gasteiger charge is -2.31. The van der Waals surface area contributed by atoms with E-state index in [1.807, 2.05) is 0 Å². The minimum absolute atomic E-state index is 0.143. The van der Waals surface area contributed by atoms with Gasteiger partial charge >= 0.3 is 0 Å². The summed E-state index contributed by atoms with van der Waals surface area (Å²) in [4.78, 5) is 0. The van der Waals surface area contributed by atoms with Crippen LogP contribution in [0.25, 0.3) is 0 Å². The average molecular weight is 290 g/mol. The maximum atomic E-state index is 10.2. The third-order valence-corrected chi connectivity index (χ3v) is 3.51. The summed E-state index contributed by atoms with van der Waals surface area (Å²) in [6.45, 7) is 0. The van der Waals surface area contributed by atoms with Gasteiger partial charge < -0.3 is 30.3 Å². The zero-order valence-corrected chi connectivity index (χ0v) is 10.9. The van der Waals surface area contributed by atoms with E-state index in [0.717, 1.165) is 0 Å². The molecule has 1 unspecified atom stereocenters. The molecule has 3 rings (SSSR count). The number of phenolic OH excluding ortho intramolecular Hbond substituents is 4. The van der Waals surface area contributed by atoms with Gasteiger partial charge in [0, 0.05) is 24.1 Å². The Balaban J connectivity index is 2.00. The van der Waals surface area contributed by atoms with E-state index in [4.69, 9.17) is 4.74 Å². The standard InChI is InChI=1S/C15H14O6/c16-8-4-11(18)9-6-13(20)15(21-14(9)5-8)7-1-2-10(17)12(19)3-7/h1-5,13,15-20H,6H2/t13?,15-/m0/s1. The van der Waals surface area contributed by atoms with Crippen molar-refractivity contribution in [3.05, 3.63) is 41.5 Å². The first-order valence-electron chi connectivity index (χ1n) is 6.37. The normalized spacial score (nSPS) is 20.6. The third-order valence-electron chi connectivity index (χ3n) is 3.51. The van der Waals surface area contributed by atoms with Crippen LogP contribution in [0.3, 0.4) is 0 Å². The number of hydrogen-bond donors (Lipinski definition) is 5. The van der Waals surface area contributed by atoms with E-state index in [1.165, 1.54) is 30.3 Å². The SMILES string of the molecule is Oc1cc(O)c2c(c1)O[C@@H](c1ccc(O)c(O)c1)C(O)C2. The maximum absolute atomic E-state index is 10.2. The molecule has 6 nitrogen and oxygen atoms in total. The predicted molar refractivity (Wildman–Crippen MR) is 72.6 cm³/mol. The Morgan fingerprint density at radius 2 is 1.67 bits per heavy atom. The third kappa shape index (κ3) is 2.30. The van der Waals surface area contributed by atoms with Crippen LogP contribution in [0.2, 0.25) is 0 Å². The molecule has 110 valence electrons. The molecule has 0 amide bonds. The molecule has 1 aliphatic heterocycles. The van der Waals surface area contributed by atoms with Crippen LogP contribution < -0.4 is 4.74 Å². The largest absolute Gasteiger partial charge is 0.508 e. The molecule has 2 atom stereocenters. The first kappa shape index (κ1) is 13.4. The number of benzene rings is 2. The molecule has 0 bridgehead atoms. The highest BCUT2D eigenvalue weighted by Crippen LogP contribution is 2.42. The molecule has 0 spiro atoms. The van der Waals surface area contributed by atoms with Gasteiger partial charge in [0.1, 0.15) is 23.4 Å². The van der Waals surface area contributed by atoms with Gasteiger partial charge in [0.25, 0.3) is 0 Å². The van der Waals surface area contributed by atoms with E-state index in [-0.39, 0.29) is 35.2 Å². The van der Waals surface area contributed by atoms with Gasteiger partial charge in [0.05, 0.1) is 6.10 Å². The Bertz CT molecular complexity index is 697. The molecule has 0 saturated heterocycles. The monoisotopic (exact) mass is 290 g/mol. The van der Waals surface area contributed by atoms with Gasteiger partial charge in [-0.2, -0.15) is 0 Å². The minimum Gasteiger partial charge on any atom is -0.508 e.